The molecule has 0 aromatic heterocycles. The van der Waals surface area contributed by atoms with Crippen LogP contribution in [0.25, 0.3) is 0 Å². The molecule has 0 fully saturated rings. The van der Waals surface area contributed by atoms with Crippen LogP contribution >= 0.6 is 0 Å². The second kappa shape index (κ2) is 10.1. The summed E-state index contributed by atoms with van der Waals surface area (Å²) < 4.78 is 4.97. The van der Waals surface area contributed by atoms with E-state index in [1.807, 2.05) is 0 Å². The van der Waals surface area contributed by atoms with Crippen LogP contribution in [0.5, 0.6) is 0 Å². The number of hydrogen-bond donors (Lipinski definition) is 5. The number of ether oxygens (including phenoxy) is 1. The number of hydrazine groups is 1. The predicted octanol–water partition coefficient (Wildman–Crippen LogP) is -1.56. The Bertz CT molecular complexity index is 498. The maximum Gasteiger partial charge on any atom is 0.165 e. The Balaban J connectivity index is 2.65. The minimum absolute atomic E-state index is 0.182. The molecule has 0 aliphatic carbocycles. The molecular weight excluding hydrogens is 324 g/mol. The van der Waals surface area contributed by atoms with Crippen LogP contribution in [0.3, 0.4) is 0 Å². The van der Waals surface area contributed by atoms with E-state index >= 15 is 0 Å². The maximum absolute atomic E-state index is 10.9. The molecule has 0 amide bonds. The third-order valence-electron chi connectivity index (χ3n) is 3.22. The lowest BCUT2D eigenvalue weighted by molar-refractivity contribution is -0.495. The van der Waals surface area contributed by atoms with E-state index in [4.69, 9.17) is 20.1 Å². The molecule has 0 bridgehead atoms. The highest BCUT2D eigenvalue weighted by Crippen LogP contribution is 2.21. The molecule has 0 saturated carbocycles. The van der Waals surface area contributed by atoms with Crippen molar-refractivity contribution >= 4 is 5.69 Å². The van der Waals surface area contributed by atoms with Crippen molar-refractivity contribution in [3.05, 3.63) is 39.9 Å². The van der Waals surface area contributed by atoms with Gasteiger partial charge in [0, 0.05) is 0 Å². The van der Waals surface area contributed by atoms with Gasteiger partial charge in [-0.1, -0.05) is 17.1 Å². The fourth-order valence-electron chi connectivity index (χ4n) is 1.93. The Kier molecular flexibility index (Phi) is 8.54. The van der Waals surface area contributed by atoms with Crippen LogP contribution in [0.15, 0.2) is 24.3 Å². The molecule has 1 aromatic rings. The van der Waals surface area contributed by atoms with Crippen LogP contribution in [0, 0.1) is 10.1 Å². The molecule has 10 heteroatoms. The van der Waals surface area contributed by atoms with Crippen LogP contribution < -0.4 is 5.01 Å². The van der Waals surface area contributed by atoms with E-state index < -0.39 is 30.0 Å². The Labute approximate surface area is 138 Å². The first-order valence-corrected chi connectivity index (χ1v) is 7.26. The molecular formula is C14H22N2O8. The predicted molar refractivity (Wildman–Crippen MR) is 82.7 cm³/mol. The number of benzene rings is 1. The van der Waals surface area contributed by atoms with Gasteiger partial charge in [0.25, 0.3) is 0 Å². The third kappa shape index (κ3) is 6.00. The summed E-state index contributed by atoms with van der Waals surface area (Å²) in [6.45, 7) is -1.48. The molecule has 136 valence electrons. The Morgan fingerprint density at radius 1 is 1.12 bits per heavy atom. The van der Waals surface area contributed by atoms with Gasteiger partial charge >= 0.3 is 0 Å². The summed E-state index contributed by atoms with van der Waals surface area (Å²) in [5.74, 6) is 0. The highest BCUT2D eigenvalue weighted by Gasteiger charge is 2.21. The normalized spacial score (nSPS) is 14.9. The molecule has 0 heterocycles. The molecule has 0 aliphatic rings. The molecule has 24 heavy (non-hydrogen) atoms. The van der Waals surface area contributed by atoms with Crippen LogP contribution in [0.1, 0.15) is 11.7 Å². The Hall–Kier alpha value is -1.82. The van der Waals surface area contributed by atoms with E-state index in [1.165, 1.54) is 24.3 Å². The monoisotopic (exact) mass is 346 g/mol. The summed E-state index contributed by atoms with van der Waals surface area (Å²) in [5, 5.41) is 57.4. The molecule has 1 rings (SSSR count). The fraction of sp³-hybridized carbons (Fsp3) is 0.571. The SMILES string of the molecule is O=[N+]([O-])N(CCO)c1ccc(C(O)C(O)COCC(O)CO)cc1. The lowest BCUT2D eigenvalue weighted by atomic mass is 10.0. The first kappa shape index (κ1) is 20.2. The molecule has 10 nitrogen and oxygen atoms in total. The summed E-state index contributed by atoms with van der Waals surface area (Å²) in [7, 11) is 0. The fourth-order valence-corrected chi connectivity index (χ4v) is 1.93. The van der Waals surface area contributed by atoms with Crippen LogP contribution in [0.4, 0.5) is 5.69 Å². The van der Waals surface area contributed by atoms with Crippen molar-refractivity contribution in [1.82, 2.24) is 0 Å². The number of hydrogen-bond acceptors (Lipinski definition) is 8. The number of aliphatic hydroxyl groups is 5. The summed E-state index contributed by atoms with van der Waals surface area (Å²) in [4.78, 5) is 10.9. The topological polar surface area (TPSA) is 157 Å². The van der Waals surface area contributed by atoms with Gasteiger partial charge in [-0.15, -0.1) is 0 Å². The summed E-state index contributed by atoms with van der Waals surface area (Å²) in [6, 6.07) is 5.61. The summed E-state index contributed by atoms with van der Waals surface area (Å²) in [6.07, 6.45) is -3.62. The van der Waals surface area contributed by atoms with Gasteiger partial charge in [-0.2, -0.15) is 0 Å². The number of nitrogens with zero attached hydrogens (tertiary/aromatic N) is 2. The van der Waals surface area contributed by atoms with Crippen molar-refractivity contribution in [2.45, 2.75) is 18.3 Å². The van der Waals surface area contributed by atoms with Crippen LogP contribution in [-0.2, 0) is 4.74 Å². The molecule has 5 N–H and O–H groups in total. The lowest BCUT2D eigenvalue weighted by Crippen LogP contribution is -2.32. The molecule has 0 saturated heterocycles. The number of rotatable bonds is 11. The molecule has 1 aromatic carbocycles. The van der Waals surface area contributed by atoms with Crippen LogP contribution in [0.2, 0.25) is 0 Å². The first-order chi connectivity index (χ1) is 11.4. The van der Waals surface area contributed by atoms with Crippen molar-refractivity contribution in [3.8, 4) is 0 Å². The number of aliphatic hydroxyl groups excluding tert-OH is 5. The minimum Gasteiger partial charge on any atom is -0.394 e. The highest BCUT2D eigenvalue weighted by atomic mass is 16.7. The largest absolute Gasteiger partial charge is 0.394 e. The van der Waals surface area contributed by atoms with E-state index in [0.29, 0.717) is 5.56 Å². The number of anilines is 1. The van der Waals surface area contributed by atoms with Crippen molar-refractivity contribution in [2.24, 2.45) is 0 Å². The van der Waals surface area contributed by atoms with Gasteiger partial charge < -0.3 is 30.3 Å². The summed E-state index contributed by atoms with van der Waals surface area (Å²) in [5.41, 5.74) is 0.548. The zero-order valence-corrected chi connectivity index (χ0v) is 12.9. The van der Waals surface area contributed by atoms with E-state index in [-0.39, 0.29) is 32.1 Å². The average Bonchev–Trinajstić information content (AvgIpc) is 2.58. The average molecular weight is 346 g/mol. The van der Waals surface area contributed by atoms with Crippen molar-refractivity contribution in [3.63, 3.8) is 0 Å². The highest BCUT2D eigenvalue weighted by molar-refractivity contribution is 5.45. The molecule has 3 unspecified atom stereocenters. The lowest BCUT2D eigenvalue weighted by Gasteiger charge is -2.20. The van der Waals surface area contributed by atoms with Gasteiger partial charge in [0.15, 0.2) is 5.03 Å². The zero-order chi connectivity index (χ0) is 18.1. The molecule has 0 radical (unpaired) electrons. The minimum atomic E-state index is -1.28. The summed E-state index contributed by atoms with van der Waals surface area (Å²) >= 11 is 0. The number of nitro groups is 1. The Morgan fingerprint density at radius 3 is 2.25 bits per heavy atom. The van der Waals surface area contributed by atoms with Gasteiger partial charge in [-0.05, 0) is 17.7 Å². The Morgan fingerprint density at radius 2 is 1.75 bits per heavy atom. The molecule has 3 atom stereocenters. The van der Waals surface area contributed by atoms with Gasteiger partial charge in [-0.25, -0.2) is 10.1 Å². The van der Waals surface area contributed by atoms with E-state index in [0.717, 1.165) is 5.01 Å². The van der Waals surface area contributed by atoms with E-state index in [1.54, 1.807) is 0 Å². The maximum atomic E-state index is 10.9. The molecule has 0 aliphatic heterocycles. The van der Waals surface area contributed by atoms with E-state index in [2.05, 4.69) is 0 Å². The van der Waals surface area contributed by atoms with Gasteiger partial charge in [0.1, 0.15) is 30.5 Å². The zero-order valence-electron chi connectivity index (χ0n) is 12.9. The standard InChI is InChI=1S/C14H22N2O8/c17-6-5-15(16(22)23)11-3-1-10(2-4-11)14(21)13(20)9-24-8-12(19)7-18/h1-4,12-14,17-21H,5-9H2. The smallest absolute Gasteiger partial charge is 0.165 e. The van der Waals surface area contributed by atoms with Crippen molar-refractivity contribution in [1.29, 1.82) is 0 Å². The van der Waals surface area contributed by atoms with Gasteiger partial charge in [-0.3, -0.25) is 0 Å². The van der Waals surface area contributed by atoms with Gasteiger partial charge in [0.2, 0.25) is 0 Å². The molecule has 0 spiro atoms. The second-order valence-corrected chi connectivity index (χ2v) is 5.06. The quantitative estimate of drug-likeness (QED) is 0.236. The van der Waals surface area contributed by atoms with Gasteiger partial charge in [0.05, 0.1) is 26.4 Å². The van der Waals surface area contributed by atoms with Crippen molar-refractivity contribution < 1.29 is 35.3 Å². The van der Waals surface area contributed by atoms with E-state index in [9.17, 15) is 20.3 Å². The first-order valence-electron chi connectivity index (χ1n) is 7.26. The van der Waals surface area contributed by atoms with Crippen molar-refractivity contribution in [2.75, 3.05) is 38.0 Å². The third-order valence-corrected chi connectivity index (χ3v) is 3.22. The van der Waals surface area contributed by atoms with Crippen LogP contribution in [-0.4, -0.2) is 75.7 Å². The second-order valence-electron chi connectivity index (χ2n) is 5.06.